The van der Waals surface area contributed by atoms with Crippen LogP contribution in [0.2, 0.25) is 0 Å². The highest BCUT2D eigenvalue weighted by molar-refractivity contribution is 6.00. The van der Waals surface area contributed by atoms with Crippen molar-refractivity contribution in [2.45, 2.75) is 40.0 Å². The van der Waals surface area contributed by atoms with E-state index in [1.807, 2.05) is 6.92 Å². The predicted molar refractivity (Wildman–Crippen MR) is 99.0 cm³/mol. The lowest BCUT2D eigenvalue weighted by Crippen LogP contribution is -2.01. The van der Waals surface area contributed by atoms with E-state index < -0.39 is 0 Å². The molecule has 1 atom stereocenters. The average Bonchev–Trinajstić information content (AvgIpc) is 3.05. The number of halogens is 1. The molecule has 1 aromatic heterocycles. The average molecular weight is 358 g/mol. The number of hydrogen-bond donors (Lipinski definition) is 2. The number of aliphatic hydroxyl groups is 1. The second-order valence-electron chi connectivity index (χ2n) is 6.17. The van der Waals surface area contributed by atoms with Crippen LogP contribution in [0, 0.1) is 17.1 Å². The molecule has 138 valence electrons. The van der Waals surface area contributed by atoms with Crippen LogP contribution >= 0.6 is 0 Å². The number of allylic oxidation sites excluding steroid dienone is 1. The second kappa shape index (κ2) is 9.03. The van der Waals surface area contributed by atoms with Gasteiger partial charge >= 0.3 is 0 Å². The highest BCUT2D eigenvalue weighted by Gasteiger charge is 2.17. The summed E-state index contributed by atoms with van der Waals surface area (Å²) in [6.07, 6.45) is 4.02. The van der Waals surface area contributed by atoms with Crippen LogP contribution in [0.4, 0.5) is 4.39 Å². The largest absolute Gasteiger partial charge is 0.504 e. The van der Waals surface area contributed by atoms with Gasteiger partial charge in [-0.25, -0.2) is 4.39 Å². The van der Waals surface area contributed by atoms with Gasteiger partial charge in [0.2, 0.25) is 5.89 Å². The Labute approximate surface area is 152 Å². The van der Waals surface area contributed by atoms with Crippen molar-refractivity contribution in [3.8, 4) is 0 Å². The summed E-state index contributed by atoms with van der Waals surface area (Å²) in [5, 5.41) is 25.7. The van der Waals surface area contributed by atoms with E-state index in [-0.39, 0.29) is 34.8 Å². The van der Waals surface area contributed by atoms with E-state index >= 15 is 0 Å². The highest BCUT2D eigenvalue weighted by atomic mass is 19.1. The van der Waals surface area contributed by atoms with Crippen molar-refractivity contribution in [3.63, 3.8) is 0 Å². The molecule has 0 aliphatic heterocycles. The fraction of sp³-hybridized carbons (Fsp3) is 0.368. The van der Waals surface area contributed by atoms with Crippen LogP contribution in [-0.2, 0) is 6.42 Å². The summed E-state index contributed by atoms with van der Waals surface area (Å²) in [4.78, 5) is 4.28. The molecule has 1 unspecified atom stereocenters. The summed E-state index contributed by atoms with van der Waals surface area (Å²) in [6.45, 7) is 5.56. The topological polar surface area (TPSA) is 95.4 Å². The minimum Gasteiger partial charge on any atom is -0.504 e. The summed E-state index contributed by atoms with van der Waals surface area (Å²) in [5.41, 5.74) is 0.858. The maximum Gasteiger partial charge on any atom is 0.270 e. The lowest BCUT2D eigenvalue weighted by Gasteiger charge is -2.04. The summed E-state index contributed by atoms with van der Waals surface area (Å²) >= 11 is 0. The Hall–Kier alpha value is -2.83. The van der Waals surface area contributed by atoms with Gasteiger partial charge in [-0.3, -0.25) is 4.99 Å². The van der Waals surface area contributed by atoms with Gasteiger partial charge in [0.15, 0.2) is 11.5 Å². The highest BCUT2D eigenvalue weighted by Crippen LogP contribution is 2.20. The molecule has 1 heterocycles. The molecule has 6 nitrogen and oxygen atoms in total. The van der Waals surface area contributed by atoms with Gasteiger partial charge in [0.1, 0.15) is 5.82 Å². The summed E-state index contributed by atoms with van der Waals surface area (Å²) in [5.74, 6) is -0.0352. The second-order valence-corrected chi connectivity index (χ2v) is 6.17. The molecular weight excluding hydrogens is 335 g/mol. The van der Waals surface area contributed by atoms with Crippen molar-refractivity contribution in [2.24, 2.45) is 10.9 Å². The summed E-state index contributed by atoms with van der Waals surface area (Å²) < 4.78 is 18.6. The first-order valence-electron chi connectivity index (χ1n) is 8.50. The number of aliphatic imine (C=N–C) groups is 1. The minimum absolute atomic E-state index is 0.0430. The van der Waals surface area contributed by atoms with Gasteiger partial charge in [-0.1, -0.05) is 32.4 Å². The minimum atomic E-state index is -0.313. The van der Waals surface area contributed by atoms with Crippen molar-refractivity contribution >= 4 is 17.6 Å². The van der Waals surface area contributed by atoms with Crippen LogP contribution < -0.4 is 0 Å². The molecule has 0 radical (unpaired) electrons. The van der Waals surface area contributed by atoms with Crippen molar-refractivity contribution in [1.82, 2.24) is 10.2 Å². The number of nitrogens with zero attached hydrogens (tertiary/aromatic N) is 3. The molecule has 0 saturated carbocycles. The van der Waals surface area contributed by atoms with E-state index in [0.717, 1.165) is 18.4 Å². The van der Waals surface area contributed by atoms with E-state index in [4.69, 9.17) is 9.83 Å². The first kappa shape index (κ1) is 19.5. The summed E-state index contributed by atoms with van der Waals surface area (Å²) in [6, 6.07) is 6.00. The molecule has 0 bridgehead atoms. The fourth-order valence-corrected chi connectivity index (χ4v) is 2.32. The zero-order valence-electron chi connectivity index (χ0n) is 15.2. The van der Waals surface area contributed by atoms with Gasteiger partial charge in [-0.15, -0.1) is 10.2 Å². The van der Waals surface area contributed by atoms with Crippen LogP contribution in [0.15, 0.2) is 39.4 Å². The Morgan fingerprint density at radius 1 is 1.35 bits per heavy atom. The van der Waals surface area contributed by atoms with E-state index in [2.05, 4.69) is 22.1 Å². The van der Waals surface area contributed by atoms with E-state index in [1.54, 1.807) is 18.3 Å². The van der Waals surface area contributed by atoms with Crippen molar-refractivity contribution in [2.75, 3.05) is 0 Å². The number of rotatable bonds is 8. The monoisotopic (exact) mass is 358 g/mol. The van der Waals surface area contributed by atoms with Crippen molar-refractivity contribution in [1.29, 1.82) is 5.41 Å². The normalized spacial score (nSPS) is 13.7. The number of benzene rings is 1. The van der Waals surface area contributed by atoms with Crippen LogP contribution in [-0.4, -0.2) is 27.2 Å². The van der Waals surface area contributed by atoms with Crippen LogP contribution in [0.25, 0.3) is 5.70 Å². The van der Waals surface area contributed by atoms with Gasteiger partial charge in [-0.05, 0) is 37.0 Å². The number of aliphatic hydroxyl groups excluding tert-OH is 1. The third-order valence-electron chi connectivity index (χ3n) is 3.72. The molecule has 0 amide bonds. The Bertz CT molecular complexity index is 809. The molecule has 2 aromatic rings. The Morgan fingerprint density at radius 2 is 2.04 bits per heavy atom. The maximum absolute atomic E-state index is 13.0. The lowest BCUT2D eigenvalue weighted by molar-refractivity contribution is 0.436. The van der Waals surface area contributed by atoms with Gasteiger partial charge in [-0.2, -0.15) is 0 Å². The quantitative estimate of drug-likeness (QED) is 0.533. The Kier molecular flexibility index (Phi) is 6.77. The molecule has 0 spiro atoms. The van der Waals surface area contributed by atoms with Gasteiger partial charge in [0.05, 0.1) is 12.1 Å². The molecule has 26 heavy (non-hydrogen) atoms. The third kappa shape index (κ3) is 5.34. The van der Waals surface area contributed by atoms with Crippen LogP contribution in [0.1, 0.15) is 51.0 Å². The van der Waals surface area contributed by atoms with E-state index in [1.165, 1.54) is 19.1 Å². The molecule has 0 saturated heterocycles. The maximum atomic E-state index is 13.0. The van der Waals surface area contributed by atoms with Crippen LogP contribution in [0.5, 0.6) is 0 Å². The standard InChI is InChI=1S/C19H23FN4O2/c1-4-5-12(2)11-22-17(18(25)13(3)21)19-24-23-16(26-19)10-14-6-8-15(20)9-7-14/h6-9,11-12,21,25H,4-5,10H2,1-3H3/b18-17+,21-13?,22-11?. The molecule has 2 rings (SSSR count). The Morgan fingerprint density at radius 3 is 2.65 bits per heavy atom. The molecule has 0 aliphatic rings. The lowest BCUT2D eigenvalue weighted by atomic mass is 10.1. The first-order valence-corrected chi connectivity index (χ1v) is 8.50. The van der Waals surface area contributed by atoms with Crippen LogP contribution in [0.3, 0.4) is 0 Å². The number of nitrogens with one attached hydrogen (secondary N) is 1. The molecular formula is C19H23FN4O2. The third-order valence-corrected chi connectivity index (χ3v) is 3.72. The Balaban J connectivity index is 2.26. The van der Waals surface area contributed by atoms with Gasteiger partial charge in [0, 0.05) is 6.21 Å². The molecule has 2 N–H and O–H groups in total. The zero-order chi connectivity index (χ0) is 19.1. The van der Waals surface area contributed by atoms with Gasteiger partial charge < -0.3 is 14.9 Å². The SMILES string of the molecule is CCCC(C)C=N/C(=C(/O)C(C)=N)c1nnc(Cc2ccc(F)cc2)o1. The molecule has 7 heteroatoms. The number of hydrogen-bond acceptors (Lipinski definition) is 6. The first-order chi connectivity index (χ1) is 12.4. The van der Waals surface area contributed by atoms with Gasteiger partial charge in [0.25, 0.3) is 5.89 Å². The number of aromatic nitrogens is 2. The molecule has 1 aromatic carbocycles. The molecule has 0 aliphatic carbocycles. The van der Waals surface area contributed by atoms with Crippen molar-refractivity contribution < 1.29 is 13.9 Å². The predicted octanol–water partition coefficient (Wildman–Crippen LogP) is 4.57. The fourth-order valence-electron chi connectivity index (χ4n) is 2.32. The van der Waals surface area contributed by atoms with Crippen molar-refractivity contribution in [3.05, 3.63) is 53.2 Å². The smallest absolute Gasteiger partial charge is 0.270 e. The molecule has 0 fully saturated rings. The van der Waals surface area contributed by atoms with E-state index in [0.29, 0.717) is 12.3 Å². The van der Waals surface area contributed by atoms with E-state index in [9.17, 15) is 9.50 Å². The zero-order valence-corrected chi connectivity index (χ0v) is 15.2. The summed E-state index contributed by atoms with van der Waals surface area (Å²) in [7, 11) is 0.